The zero-order chi connectivity index (χ0) is 13.3. The Morgan fingerprint density at radius 3 is 2.61 bits per heavy atom. The summed E-state index contributed by atoms with van der Waals surface area (Å²) < 4.78 is 37.5. The van der Waals surface area contributed by atoms with E-state index in [1.807, 2.05) is 0 Å². The lowest BCUT2D eigenvalue weighted by molar-refractivity contribution is -0.137. The van der Waals surface area contributed by atoms with Gasteiger partial charge in [-0.1, -0.05) is 6.07 Å². The summed E-state index contributed by atoms with van der Waals surface area (Å²) in [6.07, 6.45) is -2.48. The summed E-state index contributed by atoms with van der Waals surface area (Å²) in [6.45, 7) is 2.03. The van der Waals surface area contributed by atoms with Gasteiger partial charge in [0.25, 0.3) is 0 Å². The third-order valence-corrected chi connectivity index (χ3v) is 3.47. The number of likely N-dealkylation sites (tertiary alicyclic amines) is 1. The zero-order valence-corrected chi connectivity index (χ0v) is 10.3. The number of anilines is 1. The van der Waals surface area contributed by atoms with Gasteiger partial charge in [0.05, 0.1) is 5.56 Å². The van der Waals surface area contributed by atoms with Gasteiger partial charge in [0.15, 0.2) is 0 Å². The van der Waals surface area contributed by atoms with Gasteiger partial charge >= 0.3 is 6.18 Å². The van der Waals surface area contributed by atoms with Gasteiger partial charge in [0, 0.05) is 12.2 Å². The van der Waals surface area contributed by atoms with Gasteiger partial charge in [-0.3, -0.25) is 0 Å². The summed E-state index contributed by atoms with van der Waals surface area (Å²) in [4.78, 5) is 2.23. The van der Waals surface area contributed by atoms with E-state index in [9.17, 15) is 13.2 Å². The molecule has 0 bridgehead atoms. The molecule has 100 valence electrons. The van der Waals surface area contributed by atoms with Crippen LogP contribution in [-0.2, 0) is 12.6 Å². The molecule has 2 N–H and O–H groups in total. The highest BCUT2D eigenvalue weighted by atomic mass is 19.4. The Balaban J connectivity index is 2.10. The topological polar surface area (TPSA) is 29.3 Å². The maximum Gasteiger partial charge on any atom is 0.416 e. The van der Waals surface area contributed by atoms with Crippen LogP contribution in [-0.4, -0.2) is 25.0 Å². The smallest absolute Gasteiger partial charge is 0.398 e. The predicted octanol–water partition coefficient (Wildman–Crippen LogP) is 2.78. The van der Waals surface area contributed by atoms with Crippen molar-refractivity contribution in [2.24, 2.45) is 5.92 Å². The van der Waals surface area contributed by atoms with Crippen LogP contribution in [0.3, 0.4) is 0 Å². The molecule has 0 aliphatic carbocycles. The quantitative estimate of drug-likeness (QED) is 0.826. The van der Waals surface area contributed by atoms with Gasteiger partial charge in [0.2, 0.25) is 0 Å². The van der Waals surface area contributed by atoms with Crippen molar-refractivity contribution in [1.29, 1.82) is 0 Å². The first-order valence-corrected chi connectivity index (χ1v) is 6.00. The Morgan fingerprint density at radius 1 is 1.39 bits per heavy atom. The molecule has 18 heavy (non-hydrogen) atoms. The molecule has 5 heteroatoms. The lowest BCUT2D eigenvalue weighted by Gasteiger charge is -2.14. The van der Waals surface area contributed by atoms with Crippen molar-refractivity contribution >= 4 is 5.69 Å². The SMILES string of the molecule is CN1CCC(Cc2ccc(C(F)(F)F)cc2N)C1. The average molecular weight is 258 g/mol. The van der Waals surface area contributed by atoms with E-state index in [0.29, 0.717) is 5.92 Å². The largest absolute Gasteiger partial charge is 0.416 e. The maximum absolute atomic E-state index is 12.5. The third kappa shape index (κ3) is 2.96. The molecule has 1 saturated heterocycles. The number of halogens is 3. The van der Waals surface area contributed by atoms with Crippen LogP contribution >= 0.6 is 0 Å². The molecule has 2 nitrogen and oxygen atoms in total. The summed E-state index contributed by atoms with van der Waals surface area (Å²) in [6, 6.07) is 3.66. The summed E-state index contributed by atoms with van der Waals surface area (Å²) in [5.74, 6) is 0.494. The number of hydrogen-bond donors (Lipinski definition) is 1. The fraction of sp³-hybridized carbons (Fsp3) is 0.538. The molecule has 0 aromatic heterocycles. The van der Waals surface area contributed by atoms with Gasteiger partial charge in [-0.25, -0.2) is 0 Å². The van der Waals surface area contributed by atoms with E-state index in [1.54, 1.807) is 0 Å². The van der Waals surface area contributed by atoms with Crippen molar-refractivity contribution < 1.29 is 13.2 Å². The molecule has 1 aliphatic rings. The maximum atomic E-state index is 12.5. The summed E-state index contributed by atoms with van der Waals surface area (Å²) in [5, 5.41) is 0. The molecule has 1 aromatic carbocycles. The van der Waals surface area contributed by atoms with Gasteiger partial charge in [0.1, 0.15) is 0 Å². The van der Waals surface area contributed by atoms with Gasteiger partial charge in [-0.05, 0) is 50.0 Å². The number of rotatable bonds is 2. The molecular formula is C13H17F3N2. The Bertz CT molecular complexity index is 429. The van der Waals surface area contributed by atoms with E-state index in [-0.39, 0.29) is 5.69 Å². The minimum atomic E-state index is -4.32. The molecule has 0 saturated carbocycles. The van der Waals surface area contributed by atoms with Crippen molar-refractivity contribution in [3.05, 3.63) is 29.3 Å². The first-order valence-electron chi connectivity index (χ1n) is 6.00. The van der Waals surface area contributed by atoms with Gasteiger partial charge < -0.3 is 10.6 Å². The van der Waals surface area contributed by atoms with Crippen LogP contribution in [0, 0.1) is 5.92 Å². The second kappa shape index (κ2) is 4.80. The molecule has 1 fully saturated rings. The molecule has 2 rings (SSSR count). The lowest BCUT2D eigenvalue weighted by Crippen LogP contribution is -2.15. The van der Waals surface area contributed by atoms with Crippen LogP contribution in [0.4, 0.5) is 18.9 Å². The number of benzene rings is 1. The normalized spacial score (nSPS) is 21.4. The number of nitrogens with two attached hydrogens (primary N) is 1. The monoisotopic (exact) mass is 258 g/mol. The molecule has 0 amide bonds. The molecule has 1 heterocycles. The molecule has 0 radical (unpaired) electrons. The summed E-state index contributed by atoms with van der Waals surface area (Å²) in [7, 11) is 2.05. The fourth-order valence-electron chi connectivity index (χ4n) is 2.46. The van der Waals surface area contributed by atoms with E-state index >= 15 is 0 Å². The van der Waals surface area contributed by atoms with E-state index in [4.69, 9.17) is 5.73 Å². The highest BCUT2D eigenvalue weighted by molar-refractivity contribution is 5.50. The average Bonchev–Trinajstić information content (AvgIpc) is 2.65. The highest BCUT2D eigenvalue weighted by Crippen LogP contribution is 2.32. The highest BCUT2D eigenvalue weighted by Gasteiger charge is 2.31. The van der Waals surface area contributed by atoms with Crippen LogP contribution in [0.25, 0.3) is 0 Å². The minimum Gasteiger partial charge on any atom is -0.398 e. The Hall–Kier alpha value is -1.23. The predicted molar refractivity (Wildman–Crippen MR) is 65.2 cm³/mol. The summed E-state index contributed by atoms with van der Waals surface area (Å²) >= 11 is 0. The molecule has 1 aliphatic heterocycles. The molecule has 0 spiro atoms. The second-order valence-electron chi connectivity index (χ2n) is 5.03. The number of nitrogen functional groups attached to an aromatic ring is 1. The Morgan fingerprint density at radius 2 is 2.11 bits per heavy atom. The van der Waals surface area contributed by atoms with E-state index in [0.717, 1.165) is 43.6 Å². The minimum absolute atomic E-state index is 0.249. The number of hydrogen-bond acceptors (Lipinski definition) is 2. The van der Waals surface area contributed by atoms with Crippen LogP contribution in [0.15, 0.2) is 18.2 Å². The first-order chi connectivity index (χ1) is 8.36. The first kappa shape index (κ1) is 13.2. The molecule has 1 atom stereocenters. The van der Waals surface area contributed by atoms with Gasteiger partial charge in [-0.15, -0.1) is 0 Å². The molecular weight excluding hydrogens is 241 g/mol. The third-order valence-electron chi connectivity index (χ3n) is 3.47. The van der Waals surface area contributed by atoms with Crippen molar-refractivity contribution in [1.82, 2.24) is 4.90 Å². The number of alkyl halides is 3. The molecule has 1 aromatic rings. The standard InChI is InChI=1S/C13H17F3N2/c1-18-5-4-9(8-18)6-10-2-3-11(7-12(10)17)13(14,15)16/h2-3,7,9H,4-6,8,17H2,1H3. The van der Waals surface area contributed by atoms with Crippen LogP contribution < -0.4 is 5.73 Å². The van der Waals surface area contributed by atoms with Crippen molar-refractivity contribution in [2.45, 2.75) is 19.0 Å². The second-order valence-corrected chi connectivity index (χ2v) is 5.03. The Labute approximate surface area is 105 Å². The van der Waals surface area contributed by atoms with Crippen LogP contribution in [0.1, 0.15) is 17.5 Å². The van der Waals surface area contributed by atoms with E-state index in [2.05, 4.69) is 11.9 Å². The Kier molecular flexibility index (Phi) is 3.52. The zero-order valence-electron chi connectivity index (χ0n) is 10.3. The lowest BCUT2D eigenvalue weighted by atomic mass is 9.96. The summed E-state index contributed by atoms with van der Waals surface area (Å²) in [5.41, 5.74) is 6.12. The van der Waals surface area contributed by atoms with Crippen molar-refractivity contribution in [2.75, 3.05) is 25.9 Å². The van der Waals surface area contributed by atoms with Crippen molar-refractivity contribution in [3.63, 3.8) is 0 Å². The van der Waals surface area contributed by atoms with Crippen LogP contribution in [0.5, 0.6) is 0 Å². The van der Waals surface area contributed by atoms with E-state index < -0.39 is 11.7 Å². The van der Waals surface area contributed by atoms with Crippen LogP contribution in [0.2, 0.25) is 0 Å². The molecule has 1 unspecified atom stereocenters. The number of nitrogens with zero attached hydrogens (tertiary/aromatic N) is 1. The van der Waals surface area contributed by atoms with E-state index in [1.165, 1.54) is 6.07 Å². The van der Waals surface area contributed by atoms with Crippen molar-refractivity contribution in [3.8, 4) is 0 Å². The fourth-order valence-corrected chi connectivity index (χ4v) is 2.46. The van der Waals surface area contributed by atoms with Gasteiger partial charge in [-0.2, -0.15) is 13.2 Å².